The third-order valence-electron chi connectivity index (χ3n) is 2.10. The van der Waals surface area contributed by atoms with Crippen molar-refractivity contribution in [3.8, 4) is 6.07 Å². The molecular weight excluding hydrogens is 224 g/mol. The van der Waals surface area contributed by atoms with Gasteiger partial charge in [0.1, 0.15) is 12.4 Å². The van der Waals surface area contributed by atoms with Crippen LogP contribution in [-0.4, -0.2) is 24.1 Å². The molecular formula is C9H6N6S. The largest absolute Gasteiger partial charge is 0.297 e. The Hall–Kier alpha value is -2.20. The lowest BCUT2D eigenvalue weighted by Crippen LogP contribution is -2.00. The van der Waals surface area contributed by atoms with Crippen LogP contribution in [0.1, 0.15) is 11.5 Å². The van der Waals surface area contributed by atoms with Crippen LogP contribution in [0.4, 0.5) is 0 Å². The molecule has 0 spiro atoms. The first-order valence-electron chi connectivity index (χ1n) is 4.56. The molecule has 0 saturated heterocycles. The molecule has 0 atom stereocenters. The van der Waals surface area contributed by atoms with E-state index in [1.54, 1.807) is 16.0 Å². The van der Waals surface area contributed by atoms with E-state index in [0.29, 0.717) is 6.54 Å². The second-order valence-electron chi connectivity index (χ2n) is 3.20. The number of thiazole rings is 1. The van der Waals surface area contributed by atoms with E-state index in [1.165, 1.54) is 6.33 Å². The fourth-order valence-corrected chi connectivity index (χ4v) is 2.16. The molecule has 0 unspecified atom stereocenters. The standard InChI is InChI=1S/C9H6N6S/c10-3-8-11-6-15(13-8)5-7-4-14-1-2-16-9(14)12-7/h1-2,4,6H,5H2. The first kappa shape index (κ1) is 9.06. The van der Waals surface area contributed by atoms with E-state index in [0.717, 1.165) is 10.7 Å². The fourth-order valence-electron chi connectivity index (χ4n) is 1.44. The summed E-state index contributed by atoms with van der Waals surface area (Å²) < 4.78 is 3.56. The molecule has 0 aliphatic rings. The minimum Gasteiger partial charge on any atom is -0.297 e. The van der Waals surface area contributed by atoms with Gasteiger partial charge in [-0.05, 0) is 0 Å². The Kier molecular flexibility index (Phi) is 1.94. The summed E-state index contributed by atoms with van der Waals surface area (Å²) in [4.78, 5) is 9.20. The minimum absolute atomic E-state index is 0.182. The number of rotatable bonds is 2. The van der Waals surface area contributed by atoms with Crippen molar-refractivity contribution < 1.29 is 0 Å². The normalized spacial score (nSPS) is 10.7. The van der Waals surface area contributed by atoms with Crippen LogP contribution in [0, 0.1) is 11.3 Å². The van der Waals surface area contributed by atoms with E-state index in [4.69, 9.17) is 5.26 Å². The maximum atomic E-state index is 8.59. The van der Waals surface area contributed by atoms with Crippen molar-refractivity contribution >= 4 is 16.3 Å². The van der Waals surface area contributed by atoms with Crippen molar-refractivity contribution in [3.05, 3.63) is 35.6 Å². The Morgan fingerprint density at radius 1 is 1.50 bits per heavy atom. The second-order valence-corrected chi connectivity index (χ2v) is 4.08. The van der Waals surface area contributed by atoms with Gasteiger partial charge in [0.25, 0.3) is 5.82 Å². The maximum Gasteiger partial charge on any atom is 0.252 e. The predicted molar refractivity (Wildman–Crippen MR) is 56.9 cm³/mol. The van der Waals surface area contributed by atoms with Crippen LogP contribution in [0.15, 0.2) is 24.1 Å². The molecule has 16 heavy (non-hydrogen) atoms. The van der Waals surface area contributed by atoms with Crippen LogP contribution in [0.5, 0.6) is 0 Å². The minimum atomic E-state index is 0.182. The van der Waals surface area contributed by atoms with Crippen LogP contribution < -0.4 is 0 Å². The quantitative estimate of drug-likeness (QED) is 0.656. The average Bonchev–Trinajstić information content (AvgIpc) is 2.92. The summed E-state index contributed by atoms with van der Waals surface area (Å²) in [5, 5.41) is 14.6. The Labute approximate surface area is 94.4 Å². The highest BCUT2D eigenvalue weighted by Gasteiger charge is 2.05. The van der Waals surface area contributed by atoms with Gasteiger partial charge in [0, 0.05) is 17.8 Å². The van der Waals surface area contributed by atoms with Gasteiger partial charge in [0.05, 0.1) is 12.2 Å². The van der Waals surface area contributed by atoms with Gasteiger partial charge in [-0.25, -0.2) is 14.6 Å². The third kappa shape index (κ3) is 1.45. The molecule has 0 radical (unpaired) electrons. The lowest BCUT2D eigenvalue weighted by atomic mass is 10.5. The molecule has 7 heteroatoms. The molecule has 0 aliphatic heterocycles. The Balaban J connectivity index is 1.89. The molecule has 0 aromatic carbocycles. The average molecular weight is 230 g/mol. The van der Waals surface area contributed by atoms with Crippen molar-refractivity contribution in [2.24, 2.45) is 0 Å². The van der Waals surface area contributed by atoms with E-state index in [1.807, 2.05) is 28.2 Å². The lowest BCUT2D eigenvalue weighted by molar-refractivity contribution is 0.671. The Bertz CT molecular complexity index is 641. The van der Waals surface area contributed by atoms with Gasteiger partial charge in [-0.15, -0.1) is 16.4 Å². The molecule has 3 rings (SSSR count). The van der Waals surface area contributed by atoms with Gasteiger partial charge >= 0.3 is 0 Å². The van der Waals surface area contributed by atoms with Crippen LogP contribution in [0.2, 0.25) is 0 Å². The van der Waals surface area contributed by atoms with Crippen LogP contribution >= 0.6 is 11.3 Å². The maximum absolute atomic E-state index is 8.59. The van der Waals surface area contributed by atoms with E-state index in [9.17, 15) is 0 Å². The van der Waals surface area contributed by atoms with E-state index in [2.05, 4.69) is 15.1 Å². The van der Waals surface area contributed by atoms with Crippen molar-refractivity contribution in [2.75, 3.05) is 0 Å². The zero-order valence-corrected chi connectivity index (χ0v) is 8.92. The zero-order chi connectivity index (χ0) is 11.0. The Morgan fingerprint density at radius 2 is 2.44 bits per heavy atom. The molecule has 3 aromatic rings. The Morgan fingerprint density at radius 3 is 3.19 bits per heavy atom. The summed E-state index contributed by atoms with van der Waals surface area (Å²) in [5.74, 6) is 0.182. The number of nitrogens with zero attached hydrogens (tertiary/aromatic N) is 6. The SMILES string of the molecule is N#Cc1ncn(Cc2cn3ccsc3n2)n1. The molecule has 0 amide bonds. The monoisotopic (exact) mass is 230 g/mol. The van der Waals surface area contributed by atoms with Crippen molar-refractivity contribution in [1.29, 1.82) is 5.26 Å². The highest BCUT2D eigenvalue weighted by molar-refractivity contribution is 7.15. The summed E-state index contributed by atoms with van der Waals surface area (Å²) in [7, 11) is 0. The van der Waals surface area contributed by atoms with Gasteiger partial charge in [-0.2, -0.15) is 5.26 Å². The number of hydrogen-bond donors (Lipinski definition) is 0. The molecule has 0 fully saturated rings. The van der Waals surface area contributed by atoms with Gasteiger partial charge in [0.15, 0.2) is 4.96 Å². The van der Waals surface area contributed by atoms with Gasteiger partial charge < -0.3 is 0 Å². The van der Waals surface area contributed by atoms with Crippen LogP contribution in [-0.2, 0) is 6.54 Å². The number of hydrogen-bond acceptors (Lipinski definition) is 5. The lowest BCUT2D eigenvalue weighted by Gasteiger charge is -1.93. The molecule has 78 valence electrons. The van der Waals surface area contributed by atoms with Gasteiger partial charge in [0.2, 0.25) is 0 Å². The first-order valence-corrected chi connectivity index (χ1v) is 5.44. The van der Waals surface area contributed by atoms with Gasteiger partial charge in [-0.3, -0.25) is 4.40 Å². The highest BCUT2D eigenvalue weighted by atomic mass is 32.1. The summed E-state index contributed by atoms with van der Waals surface area (Å²) in [6.07, 6.45) is 5.43. The third-order valence-corrected chi connectivity index (χ3v) is 2.87. The molecule has 6 nitrogen and oxygen atoms in total. The molecule has 0 aliphatic carbocycles. The van der Waals surface area contributed by atoms with Crippen molar-refractivity contribution in [3.63, 3.8) is 0 Å². The number of nitriles is 1. The van der Waals surface area contributed by atoms with Crippen molar-refractivity contribution in [1.82, 2.24) is 24.1 Å². The molecule has 3 aromatic heterocycles. The van der Waals surface area contributed by atoms with Crippen LogP contribution in [0.25, 0.3) is 4.96 Å². The first-order chi connectivity index (χ1) is 7.85. The van der Waals surface area contributed by atoms with Crippen molar-refractivity contribution in [2.45, 2.75) is 6.54 Å². The summed E-state index contributed by atoms with van der Waals surface area (Å²) in [6.45, 7) is 0.531. The second kappa shape index (κ2) is 3.43. The molecule has 0 saturated carbocycles. The topological polar surface area (TPSA) is 71.8 Å². The highest BCUT2D eigenvalue weighted by Crippen LogP contribution is 2.11. The zero-order valence-electron chi connectivity index (χ0n) is 8.11. The molecule has 0 bridgehead atoms. The summed E-state index contributed by atoms with van der Waals surface area (Å²) in [6, 6.07) is 1.89. The van der Waals surface area contributed by atoms with Crippen LogP contribution in [0.3, 0.4) is 0 Å². The predicted octanol–water partition coefficient (Wildman–Crippen LogP) is 0.907. The number of imidazole rings is 1. The van der Waals surface area contributed by atoms with E-state index < -0.39 is 0 Å². The van der Waals surface area contributed by atoms with E-state index >= 15 is 0 Å². The fraction of sp³-hybridized carbons (Fsp3) is 0.111. The summed E-state index contributed by atoms with van der Waals surface area (Å²) in [5.41, 5.74) is 0.904. The number of aromatic nitrogens is 5. The van der Waals surface area contributed by atoms with Gasteiger partial charge in [-0.1, -0.05) is 0 Å². The number of fused-ring (bicyclic) bond motifs is 1. The molecule has 0 N–H and O–H groups in total. The van der Waals surface area contributed by atoms with E-state index in [-0.39, 0.29) is 5.82 Å². The smallest absolute Gasteiger partial charge is 0.252 e. The summed E-state index contributed by atoms with van der Waals surface area (Å²) >= 11 is 1.58. The molecule has 3 heterocycles.